The van der Waals surface area contributed by atoms with E-state index < -0.39 is 16.0 Å². The molecule has 126 valence electrons. The number of carbonyl (C=O) groups excluding carboxylic acids is 1. The van der Waals surface area contributed by atoms with E-state index in [1.807, 2.05) is 0 Å². The minimum Gasteiger partial charge on any atom is -0.460 e. The first-order chi connectivity index (χ1) is 10.9. The second kappa shape index (κ2) is 7.23. The van der Waals surface area contributed by atoms with Crippen LogP contribution >= 0.6 is 11.6 Å². The van der Waals surface area contributed by atoms with Crippen molar-refractivity contribution in [1.82, 2.24) is 0 Å². The Kier molecular flexibility index (Phi) is 5.54. The van der Waals surface area contributed by atoms with Gasteiger partial charge in [0.1, 0.15) is 5.58 Å². The minimum atomic E-state index is -3.52. The highest BCUT2D eigenvalue weighted by Gasteiger charge is 2.22. The topological polar surface area (TPSA) is 85.6 Å². The van der Waals surface area contributed by atoms with E-state index in [0.29, 0.717) is 28.6 Å². The zero-order chi connectivity index (χ0) is 17.0. The molecule has 0 spiro atoms. The molecule has 0 saturated heterocycles. The lowest BCUT2D eigenvalue weighted by atomic mass is 10.1. The Labute approximate surface area is 139 Å². The summed E-state index contributed by atoms with van der Waals surface area (Å²) >= 11 is 5.54. The highest BCUT2D eigenvalue weighted by molar-refractivity contribution is 7.92. The van der Waals surface area contributed by atoms with Crippen LogP contribution in [-0.2, 0) is 14.8 Å². The Morgan fingerprint density at radius 3 is 2.78 bits per heavy atom. The second-order valence-electron chi connectivity index (χ2n) is 4.92. The van der Waals surface area contributed by atoms with Crippen molar-refractivity contribution in [3.05, 3.63) is 29.5 Å². The van der Waals surface area contributed by atoms with Crippen molar-refractivity contribution in [3.63, 3.8) is 0 Å². The molecule has 2 aromatic rings. The number of aryl methyl sites for hydroxylation is 1. The number of hydrogen-bond donors (Lipinski definition) is 1. The summed E-state index contributed by atoms with van der Waals surface area (Å²) in [4.78, 5) is 11.9. The largest absolute Gasteiger partial charge is 0.460 e. The van der Waals surface area contributed by atoms with Gasteiger partial charge in [-0.15, -0.1) is 11.6 Å². The number of alkyl halides is 1. The molecule has 1 aromatic carbocycles. The molecule has 0 saturated carbocycles. The lowest BCUT2D eigenvalue weighted by Gasteiger charge is -2.08. The van der Waals surface area contributed by atoms with Gasteiger partial charge in [0, 0.05) is 16.8 Å². The molecule has 0 aliphatic carbocycles. The van der Waals surface area contributed by atoms with Crippen LogP contribution in [0.3, 0.4) is 0 Å². The van der Waals surface area contributed by atoms with E-state index in [4.69, 9.17) is 20.8 Å². The summed E-state index contributed by atoms with van der Waals surface area (Å²) in [5.41, 5.74) is 1.33. The molecule has 0 amide bonds. The van der Waals surface area contributed by atoms with E-state index in [2.05, 4.69) is 4.72 Å². The number of ether oxygens (including phenoxy) is 1. The first kappa shape index (κ1) is 17.6. The Balaban J connectivity index is 2.44. The maximum Gasteiger partial charge on any atom is 0.374 e. The van der Waals surface area contributed by atoms with Crippen LogP contribution in [0.4, 0.5) is 5.69 Å². The van der Waals surface area contributed by atoms with E-state index in [9.17, 15) is 13.2 Å². The predicted octanol–water partition coefficient (Wildman–Crippen LogP) is 3.29. The molecule has 0 bridgehead atoms. The van der Waals surface area contributed by atoms with Gasteiger partial charge in [-0.05, 0) is 32.4 Å². The number of anilines is 1. The average molecular weight is 360 g/mol. The van der Waals surface area contributed by atoms with Gasteiger partial charge in [0.05, 0.1) is 18.0 Å². The number of rotatable bonds is 7. The Hall–Kier alpha value is -1.73. The summed E-state index contributed by atoms with van der Waals surface area (Å²) in [6.45, 7) is 3.62. The fourth-order valence-corrected chi connectivity index (χ4v) is 3.67. The van der Waals surface area contributed by atoms with E-state index in [0.717, 1.165) is 0 Å². The van der Waals surface area contributed by atoms with E-state index in [-0.39, 0.29) is 24.0 Å². The van der Waals surface area contributed by atoms with Crippen molar-refractivity contribution in [1.29, 1.82) is 0 Å². The minimum absolute atomic E-state index is 0.0749. The van der Waals surface area contributed by atoms with Gasteiger partial charge in [-0.3, -0.25) is 4.72 Å². The third-order valence-electron chi connectivity index (χ3n) is 3.23. The third kappa shape index (κ3) is 3.97. The molecular formula is C15H18ClNO5S. The SMILES string of the molecule is CCOC(=O)c1oc2cccc(NS(=O)(=O)CCCCl)c2c1C. The highest BCUT2D eigenvalue weighted by atomic mass is 35.5. The maximum atomic E-state index is 12.1. The van der Waals surface area contributed by atoms with Crippen molar-refractivity contribution >= 4 is 44.3 Å². The first-order valence-electron chi connectivity index (χ1n) is 7.15. The van der Waals surface area contributed by atoms with Gasteiger partial charge >= 0.3 is 5.97 Å². The fourth-order valence-electron chi connectivity index (χ4n) is 2.24. The predicted molar refractivity (Wildman–Crippen MR) is 89.7 cm³/mol. The van der Waals surface area contributed by atoms with Crippen LogP contribution in [0, 0.1) is 6.92 Å². The van der Waals surface area contributed by atoms with Gasteiger partial charge in [-0.25, -0.2) is 13.2 Å². The molecule has 0 radical (unpaired) electrons. The van der Waals surface area contributed by atoms with Crippen LogP contribution in [0.2, 0.25) is 0 Å². The van der Waals surface area contributed by atoms with Crippen LogP contribution in [-0.4, -0.2) is 32.6 Å². The number of fused-ring (bicyclic) bond motifs is 1. The fraction of sp³-hybridized carbons (Fsp3) is 0.400. The van der Waals surface area contributed by atoms with Gasteiger partial charge < -0.3 is 9.15 Å². The maximum absolute atomic E-state index is 12.1. The molecule has 1 aromatic heterocycles. The lowest BCUT2D eigenvalue weighted by Crippen LogP contribution is -2.17. The lowest BCUT2D eigenvalue weighted by molar-refractivity contribution is 0.0491. The van der Waals surface area contributed by atoms with Gasteiger partial charge in [0.2, 0.25) is 15.8 Å². The normalized spacial score (nSPS) is 11.6. The van der Waals surface area contributed by atoms with Crippen molar-refractivity contribution in [2.24, 2.45) is 0 Å². The Morgan fingerprint density at radius 1 is 1.39 bits per heavy atom. The molecule has 23 heavy (non-hydrogen) atoms. The van der Waals surface area contributed by atoms with Gasteiger partial charge in [-0.2, -0.15) is 0 Å². The van der Waals surface area contributed by atoms with E-state index in [1.54, 1.807) is 32.0 Å². The highest BCUT2D eigenvalue weighted by Crippen LogP contribution is 2.32. The van der Waals surface area contributed by atoms with Crippen LogP contribution in [0.5, 0.6) is 0 Å². The van der Waals surface area contributed by atoms with Crippen molar-refractivity contribution < 1.29 is 22.4 Å². The summed E-state index contributed by atoms with van der Waals surface area (Å²) in [6, 6.07) is 4.94. The number of sulfonamides is 1. The molecule has 1 N–H and O–H groups in total. The number of nitrogens with one attached hydrogen (secondary N) is 1. The molecule has 0 aliphatic heterocycles. The first-order valence-corrected chi connectivity index (χ1v) is 9.34. The van der Waals surface area contributed by atoms with Gasteiger partial charge in [0.25, 0.3) is 0 Å². The van der Waals surface area contributed by atoms with Crippen LogP contribution in [0.1, 0.15) is 29.5 Å². The monoisotopic (exact) mass is 359 g/mol. The Morgan fingerprint density at radius 2 is 2.13 bits per heavy atom. The van der Waals surface area contributed by atoms with Crippen molar-refractivity contribution in [2.75, 3.05) is 23.0 Å². The zero-order valence-corrected chi connectivity index (χ0v) is 14.5. The molecular weight excluding hydrogens is 342 g/mol. The van der Waals surface area contributed by atoms with Gasteiger partial charge in [0.15, 0.2) is 0 Å². The second-order valence-corrected chi connectivity index (χ2v) is 7.14. The number of benzene rings is 1. The van der Waals surface area contributed by atoms with Crippen LogP contribution < -0.4 is 4.72 Å². The number of halogens is 1. The smallest absolute Gasteiger partial charge is 0.374 e. The molecule has 1 heterocycles. The van der Waals surface area contributed by atoms with E-state index >= 15 is 0 Å². The number of hydrogen-bond acceptors (Lipinski definition) is 5. The molecule has 0 atom stereocenters. The molecule has 0 aliphatic rings. The zero-order valence-electron chi connectivity index (χ0n) is 12.9. The number of carbonyl (C=O) groups is 1. The molecule has 8 heteroatoms. The summed E-state index contributed by atoms with van der Waals surface area (Å²) in [6.07, 6.45) is 0.352. The average Bonchev–Trinajstić information content (AvgIpc) is 2.83. The van der Waals surface area contributed by atoms with Gasteiger partial charge in [-0.1, -0.05) is 6.07 Å². The van der Waals surface area contributed by atoms with Crippen molar-refractivity contribution in [3.8, 4) is 0 Å². The molecule has 6 nitrogen and oxygen atoms in total. The summed E-state index contributed by atoms with van der Waals surface area (Å²) < 4.78 is 37.1. The molecule has 0 fully saturated rings. The van der Waals surface area contributed by atoms with Crippen LogP contribution in [0.25, 0.3) is 11.0 Å². The molecule has 2 rings (SSSR count). The number of esters is 1. The third-order valence-corrected chi connectivity index (χ3v) is 4.85. The number of furan rings is 1. The quantitative estimate of drug-likeness (QED) is 0.605. The summed E-state index contributed by atoms with van der Waals surface area (Å²) in [7, 11) is -3.52. The summed E-state index contributed by atoms with van der Waals surface area (Å²) in [5.74, 6) is -0.302. The molecule has 0 unspecified atom stereocenters. The Bertz CT molecular complexity index is 813. The van der Waals surface area contributed by atoms with Crippen LogP contribution in [0.15, 0.2) is 22.6 Å². The summed E-state index contributed by atoms with van der Waals surface area (Å²) in [5, 5.41) is 0.546. The van der Waals surface area contributed by atoms with Crippen molar-refractivity contribution in [2.45, 2.75) is 20.3 Å². The van der Waals surface area contributed by atoms with E-state index in [1.165, 1.54) is 0 Å². The standard InChI is InChI=1S/C15H18ClNO5S/c1-3-21-15(18)14-10(2)13-11(6-4-7-12(13)22-14)17-23(19,20)9-5-8-16/h4,6-7,17H,3,5,8-9H2,1-2H3.